The van der Waals surface area contributed by atoms with Crippen LogP contribution in [0.25, 0.3) is 10.8 Å². The SMILES string of the molecule is CNCc1noc(-c2sccc2Br)n1. The van der Waals surface area contributed by atoms with Crippen molar-refractivity contribution < 1.29 is 4.52 Å². The highest BCUT2D eigenvalue weighted by Gasteiger charge is 2.12. The number of nitrogens with one attached hydrogen (secondary N) is 1. The highest BCUT2D eigenvalue weighted by Crippen LogP contribution is 2.31. The van der Waals surface area contributed by atoms with E-state index in [1.807, 2.05) is 18.5 Å². The quantitative estimate of drug-likeness (QED) is 0.932. The predicted octanol–water partition coefficient (Wildman–Crippen LogP) is 2.28. The molecule has 0 atom stereocenters. The fourth-order valence-electron chi connectivity index (χ4n) is 1.02. The number of aromatic nitrogens is 2. The molecule has 0 saturated heterocycles. The molecule has 0 unspecified atom stereocenters. The lowest BCUT2D eigenvalue weighted by Gasteiger charge is -1.88. The van der Waals surface area contributed by atoms with Gasteiger partial charge in [0.15, 0.2) is 5.82 Å². The van der Waals surface area contributed by atoms with E-state index in [0.717, 1.165) is 9.35 Å². The standard InChI is InChI=1S/C8H8BrN3OS/c1-10-4-6-11-8(13-12-6)7-5(9)2-3-14-7/h2-3,10H,4H2,1H3. The summed E-state index contributed by atoms with van der Waals surface area (Å²) in [5, 5.41) is 8.78. The van der Waals surface area contributed by atoms with Gasteiger partial charge in [-0.25, -0.2) is 0 Å². The minimum absolute atomic E-state index is 0.567. The van der Waals surface area contributed by atoms with Gasteiger partial charge in [-0.05, 0) is 34.4 Å². The zero-order valence-electron chi connectivity index (χ0n) is 7.45. The van der Waals surface area contributed by atoms with Crippen LogP contribution in [0.3, 0.4) is 0 Å². The Balaban J connectivity index is 2.29. The maximum atomic E-state index is 5.12. The normalized spacial score (nSPS) is 10.7. The topological polar surface area (TPSA) is 51.0 Å². The van der Waals surface area contributed by atoms with Crippen molar-refractivity contribution in [1.29, 1.82) is 0 Å². The van der Waals surface area contributed by atoms with E-state index in [1.54, 1.807) is 11.3 Å². The van der Waals surface area contributed by atoms with Gasteiger partial charge in [0.1, 0.15) is 4.88 Å². The Morgan fingerprint density at radius 3 is 3.14 bits per heavy atom. The molecule has 0 bridgehead atoms. The van der Waals surface area contributed by atoms with Crippen molar-refractivity contribution in [2.45, 2.75) is 6.54 Å². The summed E-state index contributed by atoms with van der Waals surface area (Å²) < 4.78 is 6.11. The van der Waals surface area contributed by atoms with Crippen LogP contribution in [0.5, 0.6) is 0 Å². The van der Waals surface area contributed by atoms with E-state index in [0.29, 0.717) is 18.3 Å². The molecule has 0 amide bonds. The van der Waals surface area contributed by atoms with Crippen molar-refractivity contribution in [3.63, 3.8) is 0 Å². The minimum Gasteiger partial charge on any atom is -0.333 e. The third-order valence-corrected chi connectivity index (χ3v) is 3.44. The van der Waals surface area contributed by atoms with Crippen LogP contribution in [0.2, 0.25) is 0 Å². The van der Waals surface area contributed by atoms with Gasteiger partial charge in [0.05, 0.1) is 6.54 Å². The molecule has 2 rings (SSSR count). The summed E-state index contributed by atoms with van der Waals surface area (Å²) in [5.74, 6) is 1.24. The molecule has 0 saturated carbocycles. The third-order valence-electron chi connectivity index (χ3n) is 1.61. The van der Waals surface area contributed by atoms with Crippen LogP contribution in [-0.4, -0.2) is 17.2 Å². The largest absolute Gasteiger partial charge is 0.333 e. The first-order valence-corrected chi connectivity index (χ1v) is 5.69. The Kier molecular flexibility index (Phi) is 2.95. The zero-order chi connectivity index (χ0) is 9.97. The summed E-state index contributed by atoms with van der Waals surface area (Å²) in [5.41, 5.74) is 0. The molecule has 6 heteroatoms. The van der Waals surface area contributed by atoms with E-state index in [1.165, 1.54) is 0 Å². The van der Waals surface area contributed by atoms with Crippen molar-refractivity contribution in [3.05, 3.63) is 21.7 Å². The Labute approximate surface area is 93.5 Å². The fourth-order valence-corrected chi connectivity index (χ4v) is 2.48. The average molecular weight is 274 g/mol. The van der Waals surface area contributed by atoms with Crippen molar-refractivity contribution in [2.24, 2.45) is 0 Å². The second-order valence-electron chi connectivity index (χ2n) is 2.64. The molecule has 0 radical (unpaired) electrons. The molecule has 0 aliphatic rings. The number of halogens is 1. The van der Waals surface area contributed by atoms with Crippen LogP contribution in [0.1, 0.15) is 5.82 Å². The van der Waals surface area contributed by atoms with Crippen LogP contribution < -0.4 is 5.32 Å². The molecule has 14 heavy (non-hydrogen) atoms. The van der Waals surface area contributed by atoms with Gasteiger partial charge < -0.3 is 9.84 Å². The number of hydrogen-bond acceptors (Lipinski definition) is 5. The average Bonchev–Trinajstić information content (AvgIpc) is 2.74. The van der Waals surface area contributed by atoms with Crippen LogP contribution in [0, 0.1) is 0 Å². The summed E-state index contributed by atoms with van der Waals surface area (Å²) >= 11 is 4.99. The van der Waals surface area contributed by atoms with Crippen LogP contribution in [-0.2, 0) is 6.54 Å². The van der Waals surface area contributed by atoms with Crippen LogP contribution >= 0.6 is 27.3 Å². The van der Waals surface area contributed by atoms with Gasteiger partial charge in [0.25, 0.3) is 5.89 Å². The molecule has 0 aliphatic heterocycles. The van der Waals surface area contributed by atoms with Crippen molar-refractivity contribution in [1.82, 2.24) is 15.5 Å². The molecule has 4 nitrogen and oxygen atoms in total. The molecule has 2 heterocycles. The smallest absolute Gasteiger partial charge is 0.269 e. The molecule has 0 spiro atoms. The minimum atomic E-state index is 0.567. The second kappa shape index (κ2) is 4.20. The van der Waals surface area contributed by atoms with Gasteiger partial charge in [0, 0.05) is 4.47 Å². The lowest BCUT2D eigenvalue weighted by atomic mass is 10.5. The maximum absolute atomic E-state index is 5.12. The summed E-state index contributed by atoms with van der Waals surface area (Å²) in [6, 6.07) is 1.96. The lowest BCUT2D eigenvalue weighted by molar-refractivity contribution is 0.421. The summed E-state index contributed by atoms with van der Waals surface area (Å²) in [4.78, 5) is 5.22. The third kappa shape index (κ3) is 1.87. The van der Waals surface area contributed by atoms with E-state index >= 15 is 0 Å². The molecule has 2 aromatic rings. The summed E-state index contributed by atoms with van der Waals surface area (Å²) in [6.45, 7) is 0.618. The Morgan fingerprint density at radius 2 is 2.50 bits per heavy atom. The Bertz CT molecular complexity index is 426. The first-order chi connectivity index (χ1) is 6.81. The predicted molar refractivity (Wildman–Crippen MR) is 58.1 cm³/mol. The lowest BCUT2D eigenvalue weighted by Crippen LogP contribution is -2.06. The molecular weight excluding hydrogens is 266 g/mol. The Hall–Kier alpha value is -0.720. The number of thiophene rings is 1. The second-order valence-corrected chi connectivity index (χ2v) is 4.41. The van der Waals surface area contributed by atoms with Gasteiger partial charge in [-0.2, -0.15) is 4.98 Å². The van der Waals surface area contributed by atoms with Gasteiger partial charge in [-0.15, -0.1) is 11.3 Å². The summed E-state index contributed by atoms with van der Waals surface area (Å²) in [6.07, 6.45) is 0. The molecule has 1 N–H and O–H groups in total. The monoisotopic (exact) mass is 273 g/mol. The molecule has 74 valence electrons. The first kappa shape index (κ1) is 9.82. The zero-order valence-corrected chi connectivity index (χ0v) is 9.85. The van der Waals surface area contributed by atoms with E-state index in [2.05, 4.69) is 31.4 Å². The van der Waals surface area contributed by atoms with E-state index in [4.69, 9.17) is 4.52 Å². The van der Waals surface area contributed by atoms with Crippen LogP contribution in [0.4, 0.5) is 0 Å². The molecule has 0 aromatic carbocycles. The van der Waals surface area contributed by atoms with Gasteiger partial charge in [-0.3, -0.25) is 0 Å². The first-order valence-electron chi connectivity index (χ1n) is 4.02. The summed E-state index contributed by atoms with van der Waals surface area (Å²) in [7, 11) is 1.84. The van der Waals surface area contributed by atoms with Crippen molar-refractivity contribution >= 4 is 27.3 Å². The molecular formula is C8H8BrN3OS. The molecule has 0 aliphatic carbocycles. The van der Waals surface area contributed by atoms with Crippen molar-refractivity contribution in [2.75, 3.05) is 7.05 Å². The maximum Gasteiger partial charge on any atom is 0.269 e. The van der Waals surface area contributed by atoms with Crippen molar-refractivity contribution in [3.8, 4) is 10.8 Å². The number of hydrogen-bond donors (Lipinski definition) is 1. The van der Waals surface area contributed by atoms with E-state index in [-0.39, 0.29) is 0 Å². The fraction of sp³-hybridized carbons (Fsp3) is 0.250. The Morgan fingerprint density at radius 1 is 1.64 bits per heavy atom. The van der Waals surface area contributed by atoms with E-state index < -0.39 is 0 Å². The van der Waals surface area contributed by atoms with Gasteiger partial charge >= 0.3 is 0 Å². The number of nitrogens with zero attached hydrogens (tertiary/aromatic N) is 2. The number of rotatable bonds is 3. The molecule has 0 fully saturated rings. The van der Waals surface area contributed by atoms with E-state index in [9.17, 15) is 0 Å². The van der Waals surface area contributed by atoms with Crippen LogP contribution in [0.15, 0.2) is 20.4 Å². The van der Waals surface area contributed by atoms with Gasteiger partial charge in [0.2, 0.25) is 0 Å². The highest BCUT2D eigenvalue weighted by molar-refractivity contribution is 9.10. The van der Waals surface area contributed by atoms with Gasteiger partial charge in [-0.1, -0.05) is 5.16 Å². The molecule has 2 aromatic heterocycles. The highest BCUT2D eigenvalue weighted by atomic mass is 79.9.